The van der Waals surface area contributed by atoms with E-state index in [9.17, 15) is 0 Å². The van der Waals surface area contributed by atoms with E-state index in [-0.39, 0.29) is 5.96 Å². The molecule has 0 aliphatic heterocycles. The van der Waals surface area contributed by atoms with Crippen molar-refractivity contribution >= 4 is 51.7 Å². The van der Waals surface area contributed by atoms with Crippen molar-refractivity contribution in [3.05, 3.63) is 52.5 Å². The predicted molar refractivity (Wildman–Crippen MR) is 98.9 cm³/mol. The second-order valence-corrected chi connectivity index (χ2v) is 5.81. The Labute approximate surface area is 149 Å². The Morgan fingerprint density at radius 2 is 2.00 bits per heavy atom. The zero-order chi connectivity index (χ0) is 17.3. The third-order valence-electron chi connectivity index (χ3n) is 3.56. The van der Waals surface area contributed by atoms with Gasteiger partial charge in [-0.1, -0.05) is 29.3 Å². The molecule has 1 aromatic heterocycles. The number of aliphatic imine (C=N–C) groups is 1. The molecule has 0 unspecified atom stereocenters. The van der Waals surface area contributed by atoms with Crippen LogP contribution in [0.5, 0.6) is 5.75 Å². The fourth-order valence-corrected chi connectivity index (χ4v) is 2.80. The molecular weight excluding hydrogens is 349 g/mol. The topological polar surface area (TPSA) is 64.0 Å². The smallest absolute Gasteiger partial charge is 0.208 e. The lowest BCUT2D eigenvalue weighted by atomic mass is 10.2. The highest BCUT2D eigenvalue weighted by atomic mass is 35.5. The summed E-state index contributed by atoms with van der Waals surface area (Å²) in [5, 5.41) is 1.91. The van der Waals surface area contributed by atoms with Crippen LogP contribution in [-0.2, 0) is 0 Å². The number of guanidine groups is 1. The molecule has 0 aliphatic rings. The lowest BCUT2D eigenvalue weighted by Gasteiger charge is -2.22. The van der Waals surface area contributed by atoms with Gasteiger partial charge in [-0.05, 0) is 30.3 Å². The van der Waals surface area contributed by atoms with Crippen LogP contribution in [0.15, 0.2) is 51.9 Å². The summed E-state index contributed by atoms with van der Waals surface area (Å²) in [7, 11) is 3.16. The average molecular weight is 364 g/mol. The van der Waals surface area contributed by atoms with Crippen molar-refractivity contribution in [2.24, 2.45) is 10.7 Å². The van der Waals surface area contributed by atoms with Crippen LogP contribution >= 0.6 is 23.2 Å². The van der Waals surface area contributed by atoms with Crippen molar-refractivity contribution in [2.75, 3.05) is 19.1 Å². The fraction of sp³-hybridized carbons (Fsp3) is 0.118. The van der Waals surface area contributed by atoms with Gasteiger partial charge in [-0.15, -0.1) is 0 Å². The van der Waals surface area contributed by atoms with Crippen molar-refractivity contribution in [3.63, 3.8) is 0 Å². The first-order chi connectivity index (χ1) is 11.5. The number of nitrogens with two attached hydrogens (primary N) is 1. The quantitative estimate of drug-likeness (QED) is 0.534. The van der Waals surface area contributed by atoms with Crippen molar-refractivity contribution in [2.45, 2.75) is 0 Å². The molecule has 0 aliphatic carbocycles. The Balaban J connectivity index is 2.23. The summed E-state index contributed by atoms with van der Waals surface area (Å²) < 4.78 is 11.3. The minimum absolute atomic E-state index is 0.228. The Hall–Kier alpha value is -2.37. The molecule has 2 N–H and O–H groups in total. The first-order valence-corrected chi connectivity index (χ1v) is 7.84. The Morgan fingerprint density at radius 3 is 2.67 bits per heavy atom. The molecular formula is C17H15Cl2N3O2. The van der Waals surface area contributed by atoms with E-state index in [2.05, 4.69) is 4.99 Å². The molecule has 5 nitrogen and oxygen atoms in total. The van der Waals surface area contributed by atoms with Gasteiger partial charge in [0.1, 0.15) is 11.3 Å². The number of anilines is 2. The molecule has 0 saturated heterocycles. The molecule has 1 heterocycles. The molecule has 0 amide bonds. The van der Waals surface area contributed by atoms with Crippen LogP contribution in [0.4, 0.5) is 11.6 Å². The third kappa shape index (κ3) is 2.88. The van der Waals surface area contributed by atoms with Crippen LogP contribution in [0.1, 0.15) is 0 Å². The van der Waals surface area contributed by atoms with Crippen molar-refractivity contribution in [3.8, 4) is 5.75 Å². The van der Waals surface area contributed by atoms with Crippen LogP contribution in [0, 0.1) is 0 Å². The summed E-state index contributed by atoms with van der Waals surface area (Å²) in [5.74, 6) is 1.27. The maximum Gasteiger partial charge on any atom is 0.208 e. The first-order valence-electron chi connectivity index (χ1n) is 7.09. The molecule has 0 atom stereocenters. The van der Waals surface area contributed by atoms with Gasteiger partial charge in [0.2, 0.25) is 11.8 Å². The van der Waals surface area contributed by atoms with Crippen LogP contribution in [0.25, 0.3) is 11.0 Å². The fourth-order valence-electron chi connectivity index (χ4n) is 2.42. The molecule has 0 fully saturated rings. The predicted octanol–water partition coefficient (Wildman–Crippen LogP) is 4.83. The summed E-state index contributed by atoms with van der Waals surface area (Å²) in [4.78, 5) is 5.69. The van der Waals surface area contributed by atoms with Gasteiger partial charge in [0, 0.05) is 23.5 Å². The second-order valence-electron chi connectivity index (χ2n) is 4.97. The van der Waals surface area contributed by atoms with Crippen molar-refractivity contribution in [1.82, 2.24) is 0 Å². The maximum atomic E-state index is 6.23. The van der Waals surface area contributed by atoms with E-state index in [0.29, 0.717) is 32.9 Å². The van der Waals surface area contributed by atoms with Crippen LogP contribution < -0.4 is 15.4 Å². The molecule has 2 aromatic carbocycles. The number of ether oxygens (including phenoxy) is 1. The van der Waals surface area contributed by atoms with E-state index in [1.807, 2.05) is 12.1 Å². The minimum atomic E-state index is 0.228. The van der Waals surface area contributed by atoms with Crippen LogP contribution in [0.2, 0.25) is 10.0 Å². The van der Waals surface area contributed by atoms with E-state index >= 15 is 0 Å². The van der Waals surface area contributed by atoms with Gasteiger partial charge in [0.25, 0.3) is 0 Å². The van der Waals surface area contributed by atoms with E-state index in [4.69, 9.17) is 38.1 Å². The lowest BCUT2D eigenvalue weighted by Crippen LogP contribution is -2.33. The molecule has 3 rings (SSSR count). The summed E-state index contributed by atoms with van der Waals surface area (Å²) in [6, 6.07) is 12.5. The standard InChI is InChI=1S/C17H15Cl2N3O2/c1-21-17(20)22(13-8-10(18)6-7-15(13)23-2)16-9-11-12(19)4-3-5-14(11)24-16/h3-9H,1-2H3,(H2,20,21). The van der Waals surface area contributed by atoms with E-state index < -0.39 is 0 Å². The molecule has 24 heavy (non-hydrogen) atoms. The molecule has 0 spiro atoms. The number of benzene rings is 2. The zero-order valence-electron chi connectivity index (χ0n) is 13.1. The van der Waals surface area contributed by atoms with E-state index in [1.165, 1.54) is 0 Å². The zero-order valence-corrected chi connectivity index (χ0v) is 14.6. The Bertz CT molecular complexity index is 921. The van der Waals surface area contributed by atoms with E-state index in [0.717, 1.165) is 5.39 Å². The second kappa shape index (κ2) is 6.63. The number of fused-ring (bicyclic) bond motifs is 1. The van der Waals surface area contributed by atoms with Gasteiger partial charge in [-0.25, -0.2) is 4.90 Å². The van der Waals surface area contributed by atoms with Gasteiger partial charge in [-0.2, -0.15) is 0 Å². The summed E-state index contributed by atoms with van der Waals surface area (Å²) >= 11 is 12.4. The number of halogens is 2. The summed E-state index contributed by atoms with van der Waals surface area (Å²) in [6.07, 6.45) is 0. The monoisotopic (exact) mass is 363 g/mol. The highest BCUT2D eigenvalue weighted by molar-refractivity contribution is 6.35. The molecule has 124 valence electrons. The van der Waals surface area contributed by atoms with E-state index in [1.54, 1.807) is 49.4 Å². The molecule has 7 heteroatoms. The number of rotatable bonds is 3. The summed E-state index contributed by atoms with van der Waals surface area (Å²) in [6.45, 7) is 0. The van der Waals surface area contributed by atoms with Gasteiger partial charge in [-0.3, -0.25) is 4.99 Å². The molecule has 3 aromatic rings. The van der Waals surface area contributed by atoms with Crippen molar-refractivity contribution in [1.29, 1.82) is 0 Å². The largest absolute Gasteiger partial charge is 0.495 e. The van der Waals surface area contributed by atoms with Gasteiger partial charge < -0.3 is 14.9 Å². The van der Waals surface area contributed by atoms with Gasteiger partial charge in [0.15, 0.2) is 0 Å². The molecule has 0 radical (unpaired) electrons. The Kier molecular flexibility index (Phi) is 4.55. The van der Waals surface area contributed by atoms with Crippen molar-refractivity contribution < 1.29 is 9.15 Å². The lowest BCUT2D eigenvalue weighted by molar-refractivity contribution is 0.415. The third-order valence-corrected chi connectivity index (χ3v) is 4.12. The number of hydrogen-bond acceptors (Lipinski definition) is 3. The highest BCUT2D eigenvalue weighted by Crippen LogP contribution is 2.39. The average Bonchev–Trinajstić information content (AvgIpc) is 3.00. The normalized spacial score (nSPS) is 11.8. The number of nitrogens with zero attached hydrogens (tertiary/aromatic N) is 2. The molecule has 0 saturated carbocycles. The SMILES string of the molecule is CN=C(N)N(c1cc2c(Cl)cccc2o1)c1cc(Cl)ccc1OC. The first kappa shape index (κ1) is 16.5. The van der Waals surface area contributed by atoms with Crippen LogP contribution in [0.3, 0.4) is 0 Å². The number of methoxy groups -OCH3 is 1. The summed E-state index contributed by atoms with van der Waals surface area (Å²) in [5.41, 5.74) is 7.36. The number of hydrogen-bond donors (Lipinski definition) is 1. The maximum absolute atomic E-state index is 6.23. The highest BCUT2D eigenvalue weighted by Gasteiger charge is 2.22. The van der Waals surface area contributed by atoms with Gasteiger partial charge >= 0.3 is 0 Å². The molecule has 0 bridgehead atoms. The van der Waals surface area contributed by atoms with Crippen LogP contribution in [-0.4, -0.2) is 20.1 Å². The minimum Gasteiger partial charge on any atom is -0.495 e. The van der Waals surface area contributed by atoms with Gasteiger partial charge in [0.05, 0.1) is 17.8 Å². The Morgan fingerprint density at radius 1 is 1.21 bits per heavy atom. The number of furan rings is 1.